The summed E-state index contributed by atoms with van der Waals surface area (Å²) in [6, 6.07) is 9.01. The smallest absolute Gasteiger partial charge is 0.318 e. The molecule has 3 N–H and O–H groups in total. The molecule has 2 unspecified atom stereocenters. The van der Waals surface area contributed by atoms with Crippen LogP contribution in [0.25, 0.3) is 0 Å². The van der Waals surface area contributed by atoms with Crippen LogP contribution in [0.3, 0.4) is 0 Å². The average molecular weight is 288 g/mol. The molecule has 21 heavy (non-hydrogen) atoms. The number of piperidine rings is 1. The lowest BCUT2D eigenvalue weighted by atomic mass is 9.99. The maximum Gasteiger partial charge on any atom is 0.318 e. The molecule has 0 spiro atoms. The van der Waals surface area contributed by atoms with Crippen LogP contribution in [0.2, 0.25) is 0 Å². The van der Waals surface area contributed by atoms with Gasteiger partial charge in [0.2, 0.25) is 0 Å². The number of fused-ring (bicyclic) bond motifs is 1. The topological polar surface area (TPSA) is 56.4 Å². The van der Waals surface area contributed by atoms with Crippen molar-refractivity contribution in [3.63, 3.8) is 0 Å². The molecule has 2 heterocycles. The molecule has 2 saturated heterocycles. The first kappa shape index (κ1) is 14.2. The predicted octanol–water partition coefficient (Wildman–Crippen LogP) is 2.48. The Labute approximate surface area is 126 Å². The van der Waals surface area contributed by atoms with Crippen LogP contribution < -0.4 is 16.0 Å². The molecule has 0 saturated carbocycles. The van der Waals surface area contributed by atoms with E-state index in [9.17, 15) is 4.79 Å². The highest BCUT2D eigenvalue weighted by Crippen LogP contribution is 2.29. The molecule has 0 aliphatic carbocycles. The predicted molar refractivity (Wildman–Crippen MR) is 85.8 cm³/mol. The SMILES string of the molecule is CNC(=O)Nc1ccc(NC2CCN3CCCCC23)cc1. The molecule has 5 nitrogen and oxygen atoms in total. The summed E-state index contributed by atoms with van der Waals surface area (Å²) in [4.78, 5) is 13.9. The van der Waals surface area contributed by atoms with E-state index in [1.165, 1.54) is 38.8 Å². The number of carbonyl (C=O) groups excluding carboxylic acids is 1. The van der Waals surface area contributed by atoms with E-state index in [0.717, 1.165) is 11.4 Å². The maximum atomic E-state index is 11.3. The van der Waals surface area contributed by atoms with E-state index >= 15 is 0 Å². The number of nitrogens with one attached hydrogen (secondary N) is 3. The zero-order valence-electron chi connectivity index (χ0n) is 12.6. The number of urea groups is 1. The molecule has 2 fully saturated rings. The van der Waals surface area contributed by atoms with Gasteiger partial charge in [-0.05, 0) is 50.1 Å². The molecule has 2 amide bonds. The van der Waals surface area contributed by atoms with Crippen molar-refractivity contribution < 1.29 is 4.79 Å². The number of anilines is 2. The fraction of sp³-hybridized carbons (Fsp3) is 0.562. The first-order chi connectivity index (χ1) is 10.3. The van der Waals surface area contributed by atoms with E-state index in [-0.39, 0.29) is 6.03 Å². The van der Waals surface area contributed by atoms with Gasteiger partial charge in [-0.3, -0.25) is 4.90 Å². The normalized spacial score (nSPS) is 25.2. The van der Waals surface area contributed by atoms with Gasteiger partial charge in [0.25, 0.3) is 0 Å². The van der Waals surface area contributed by atoms with Crippen molar-refractivity contribution in [2.75, 3.05) is 30.8 Å². The summed E-state index contributed by atoms with van der Waals surface area (Å²) in [5, 5.41) is 8.98. The Morgan fingerprint density at radius 2 is 1.86 bits per heavy atom. The number of rotatable bonds is 3. The lowest BCUT2D eigenvalue weighted by Crippen LogP contribution is -2.41. The molecule has 1 aromatic carbocycles. The van der Waals surface area contributed by atoms with Gasteiger partial charge in [0, 0.05) is 37.1 Å². The van der Waals surface area contributed by atoms with Crippen LogP contribution in [0.4, 0.5) is 16.2 Å². The molecular weight excluding hydrogens is 264 g/mol. The summed E-state index contributed by atoms with van der Waals surface area (Å²) in [7, 11) is 1.61. The molecule has 0 aromatic heterocycles. The molecule has 3 rings (SSSR count). The second-order valence-corrected chi connectivity index (χ2v) is 5.92. The summed E-state index contributed by atoms with van der Waals surface area (Å²) in [5.74, 6) is 0. The first-order valence-corrected chi connectivity index (χ1v) is 7.85. The van der Waals surface area contributed by atoms with Gasteiger partial charge in [0.05, 0.1) is 0 Å². The largest absolute Gasteiger partial charge is 0.381 e. The van der Waals surface area contributed by atoms with Crippen LogP contribution >= 0.6 is 0 Å². The van der Waals surface area contributed by atoms with Crippen LogP contribution in [0.5, 0.6) is 0 Å². The number of nitrogens with zero attached hydrogens (tertiary/aromatic N) is 1. The lowest BCUT2D eigenvalue weighted by molar-refractivity contribution is 0.193. The second kappa shape index (κ2) is 6.35. The van der Waals surface area contributed by atoms with Gasteiger partial charge >= 0.3 is 6.03 Å². The second-order valence-electron chi connectivity index (χ2n) is 5.92. The number of benzene rings is 1. The molecular formula is C16H24N4O. The summed E-state index contributed by atoms with van der Waals surface area (Å²) >= 11 is 0. The zero-order chi connectivity index (χ0) is 14.7. The Morgan fingerprint density at radius 1 is 1.10 bits per heavy atom. The highest BCUT2D eigenvalue weighted by molar-refractivity contribution is 5.89. The summed E-state index contributed by atoms with van der Waals surface area (Å²) in [6.45, 7) is 2.48. The summed E-state index contributed by atoms with van der Waals surface area (Å²) in [5.41, 5.74) is 1.94. The third kappa shape index (κ3) is 3.29. The average Bonchev–Trinajstić information content (AvgIpc) is 2.92. The standard InChI is InChI=1S/C16H24N4O/c1-17-16(21)19-13-7-5-12(6-8-13)18-14-9-11-20-10-3-2-4-15(14)20/h5-8,14-15,18H,2-4,9-11H2,1H3,(H2,17,19,21). The van der Waals surface area contributed by atoms with E-state index in [1.807, 2.05) is 24.3 Å². The zero-order valence-corrected chi connectivity index (χ0v) is 12.6. The minimum atomic E-state index is -0.190. The minimum Gasteiger partial charge on any atom is -0.381 e. The number of hydrogen-bond acceptors (Lipinski definition) is 3. The van der Waals surface area contributed by atoms with Crippen molar-refractivity contribution in [3.8, 4) is 0 Å². The maximum absolute atomic E-state index is 11.3. The molecule has 114 valence electrons. The molecule has 2 aliphatic rings. The lowest BCUT2D eigenvalue weighted by Gasteiger charge is -2.33. The number of hydrogen-bond donors (Lipinski definition) is 3. The quantitative estimate of drug-likeness (QED) is 0.801. The monoisotopic (exact) mass is 288 g/mol. The molecule has 0 radical (unpaired) electrons. The molecule has 5 heteroatoms. The first-order valence-electron chi connectivity index (χ1n) is 7.85. The van der Waals surface area contributed by atoms with Gasteiger partial charge in [0.15, 0.2) is 0 Å². The van der Waals surface area contributed by atoms with Crippen LogP contribution in [0, 0.1) is 0 Å². The Bertz CT molecular complexity index is 488. The number of carbonyl (C=O) groups is 1. The highest BCUT2D eigenvalue weighted by atomic mass is 16.2. The van der Waals surface area contributed by atoms with Crippen LogP contribution in [-0.2, 0) is 0 Å². The Balaban J connectivity index is 1.59. The van der Waals surface area contributed by atoms with Crippen LogP contribution in [-0.4, -0.2) is 43.2 Å². The summed E-state index contributed by atoms with van der Waals surface area (Å²) in [6.07, 6.45) is 5.24. The fourth-order valence-electron chi connectivity index (χ4n) is 3.47. The van der Waals surface area contributed by atoms with Crippen molar-refractivity contribution >= 4 is 17.4 Å². The van der Waals surface area contributed by atoms with E-state index in [1.54, 1.807) is 7.05 Å². The van der Waals surface area contributed by atoms with Crippen molar-refractivity contribution in [1.82, 2.24) is 10.2 Å². The van der Waals surface area contributed by atoms with Gasteiger partial charge in [-0.2, -0.15) is 0 Å². The fourth-order valence-corrected chi connectivity index (χ4v) is 3.47. The Hall–Kier alpha value is -1.75. The van der Waals surface area contributed by atoms with Gasteiger partial charge in [0.1, 0.15) is 0 Å². The van der Waals surface area contributed by atoms with Gasteiger partial charge in [-0.25, -0.2) is 4.79 Å². The van der Waals surface area contributed by atoms with Gasteiger partial charge in [-0.1, -0.05) is 6.42 Å². The molecule has 2 aliphatic heterocycles. The van der Waals surface area contributed by atoms with E-state index < -0.39 is 0 Å². The van der Waals surface area contributed by atoms with Crippen molar-refractivity contribution in [2.45, 2.75) is 37.8 Å². The van der Waals surface area contributed by atoms with E-state index in [4.69, 9.17) is 0 Å². The minimum absolute atomic E-state index is 0.190. The third-order valence-corrected chi connectivity index (χ3v) is 4.58. The molecule has 2 atom stereocenters. The van der Waals surface area contributed by atoms with Crippen LogP contribution in [0.15, 0.2) is 24.3 Å². The Morgan fingerprint density at radius 3 is 2.62 bits per heavy atom. The molecule has 1 aromatic rings. The summed E-state index contributed by atoms with van der Waals surface area (Å²) < 4.78 is 0. The van der Waals surface area contributed by atoms with Crippen molar-refractivity contribution in [2.24, 2.45) is 0 Å². The van der Waals surface area contributed by atoms with Crippen molar-refractivity contribution in [1.29, 1.82) is 0 Å². The number of amides is 2. The van der Waals surface area contributed by atoms with E-state index in [2.05, 4.69) is 20.9 Å². The highest BCUT2D eigenvalue weighted by Gasteiger charge is 2.35. The van der Waals surface area contributed by atoms with Crippen LogP contribution in [0.1, 0.15) is 25.7 Å². The molecule has 0 bridgehead atoms. The van der Waals surface area contributed by atoms with Gasteiger partial charge < -0.3 is 16.0 Å². The third-order valence-electron chi connectivity index (χ3n) is 4.58. The Kier molecular flexibility index (Phi) is 4.29. The van der Waals surface area contributed by atoms with Crippen molar-refractivity contribution in [3.05, 3.63) is 24.3 Å². The van der Waals surface area contributed by atoms with Gasteiger partial charge in [-0.15, -0.1) is 0 Å². The van der Waals surface area contributed by atoms with E-state index in [0.29, 0.717) is 12.1 Å².